The van der Waals surface area contributed by atoms with Gasteiger partial charge >= 0.3 is 5.97 Å². The lowest BCUT2D eigenvalue weighted by Crippen LogP contribution is -2.40. The molecular weight excluding hydrogens is 368 g/mol. The van der Waals surface area contributed by atoms with Crippen molar-refractivity contribution in [1.29, 1.82) is 0 Å². The summed E-state index contributed by atoms with van der Waals surface area (Å²) in [6.45, 7) is 2.04. The molecule has 6 nitrogen and oxygen atoms in total. The Labute approximate surface area is 169 Å². The maximum atomic E-state index is 12.8. The summed E-state index contributed by atoms with van der Waals surface area (Å²) in [6, 6.07) is 17.6. The van der Waals surface area contributed by atoms with Gasteiger partial charge in [0.05, 0.1) is 6.20 Å². The molecule has 3 aromatic rings. The summed E-state index contributed by atoms with van der Waals surface area (Å²) in [7, 11) is 0. The van der Waals surface area contributed by atoms with E-state index in [1.165, 1.54) is 0 Å². The molecule has 2 N–H and O–H groups in total. The number of pyridine rings is 1. The monoisotopic (exact) mass is 390 g/mol. The van der Waals surface area contributed by atoms with Crippen molar-refractivity contribution in [1.82, 2.24) is 10.3 Å². The molecule has 0 spiro atoms. The number of nitrogens with zero attached hydrogens (tertiary/aromatic N) is 1. The molecule has 0 aliphatic rings. The number of ether oxygens (including phenoxy) is 1. The highest BCUT2D eigenvalue weighted by Crippen LogP contribution is 2.26. The van der Waals surface area contributed by atoms with E-state index in [0.717, 1.165) is 16.7 Å². The zero-order chi connectivity index (χ0) is 20.6. The van der Waals surface area contributed by atoms with Crippen LogP contribution in [-0.2, 0) is 11.4 Å². The number of carboxylic acid groups (broad SMARTS) is 1. The van der Waals surface area contributed by atoms with E-state index in [1.54, 1.807) is 37.5 Å². The van der Waals surface area contributed by atoms with Gasteiger partial charge in [0, 0.05) is 11.8 Å². The molecule has 1 amide bonds. The van der Waals surface area contributed by atoms with E-state index in [1.807, 2.05) is 42.5 Å². The Kier molecular flexibility index (Phi) is 6.58. The Morgan fingerprint density at radius 1 is 1.10 bits per heavy atom. The largest absolute Gasteiger partial charge is 0.487 e. The lowest BCUT2D eigenvalue weighted by molar-refractivity contribution is -0.139. The van der Waals surface area contributed by atoms with Crippen LogP contribution in [0, 0.1) is 0 Å². The molecule has 0 aliphatic carbocycles. The van der Waals surface area contributed by atoms with Crippen molar-refractivity contribution in [2.75, 3.05) is 0 Å². The number of carboxylic acids is 1. The van der Waals surface area contributed by atoms with E-state index in [-0.39, 0.29) is 0 Å². The summed E-state index contributed by atoms with van der Waals surface area (Å²) in [5.74, 6) is -0.816. The second-order valence-electron chi connectivity index (χ2n) is 6.50. The molecular formula is C23H22N2O4. The fraction of sp³-hybridized carbons (Fsp3) is 0.174. The molecule has 0 saturated carbocycles. The maximum Gasteiger partial charge on any atom is 0.326 e. The van der Waals surface area contributed by atoms with Crippen molar-refractivity contribution in [2.24, 2.45) is 0 Å². The zero-order valence-electron chi connectivity index (χ0n) is 16.0. The molecule has 0 saturated heterocycles. The summed E-state index contributed by atoms with van der Waals surface area (Å²) < 4.78 is 5.76. The van der Waals surface area contributed by atoms with E-state index in [9.17, 15) is 14.7 Å². The molecule has 6 heteroatoms. The average Bonchev–Trinajstić information content (AvgIpc) is 2.76. The molecule has 3 rings (SSSR count). The van der Waals surface area contributed by atoms with Gasteiger partial charge in [-0.15, -0.1) is 0 Å². The first-order chi connectivity index (χ1) is 14.1. The standard InChI is InChI=1S/C23H22N2O4/c1-2-21(23(27)28)25-22(26)19-11-10-16(15-29-18-9-6-12-24-14-18)13-20(19)17-7-4-3-5-8-17/h3-14,21H,2,15H2,1H3,(H,25,26)(H,27,28)/t21-/m0/s1. The van der Waals surface area contributed by atoms with E-state index in [0.29, 0.717) is 24.3 Å². The Morgan fingerprint density at radius 3 is 2.55 bits per heavy atom. The first-order valence-electron chi connectivity index (χ1n) is 9.33. The van der Waals surface area contributed by atoms with Crippen molar-refractivity contribution < 1.29 is 19.4 Å². The van der Waals surface area contributed by atoms with Crippen molar-refractivity contribution in [2.45, 2.75) is 26.0 Å². The summed E-state index contributed by atoms with van der Waals surface area (Å²) in [4.78, 5) is 28.1. The van der Waals surface area contributed by atoms with Crippen molar-refractivity contribution in [3.8, 4) is 16.9 Å². The third-order valence-corrected chi connectivity index (χ3v) is 4.46. The summed E-state index contributed by atoms with van der Waals surface area (Å²) >= 11 is 0. The number of aromatic nitrogens is 1. The van der Waals surface area contributed by atoms with Crippen molar-refractivity contribution in [3.05, 3.63) is 84.2 Å². The fourth-order valence-electron chi connectivity index (χ4n) is 2.91. The third kappa shape index (κ3) is 5.19. The molecule has 1 heterocycles. The molecule has 1 aromatic heterocycles. The number of hydrogen-bond donors (Lipinski definition) is 2. The van der Waals surface area contributed by atoms with Crippen molar-refractivity contribution >= 4 is 11.9 Å². The molecule has 0 bridgehead atoms. The summed E-state index contributed by atoms with van der Waals surface area (Å²) in [5, 5.41) is 11.8. The van der Waals surface area contributed by atoms with Gasteiger partial charge in [0.25, 0.3) is 5.91 Å². The van der Waals surface area contributed by atoms with Crippen LogP contribution in [0.15, 0.2) is 73.1 Å². The Bertz CT molecular complexity index is 975. The van der Waals surface area contributed by atoms with Gasteiger partial charge in [0.15, 0.2) is 0 Å². The quantitative estimate of drug-likeness (QED) is 0.609. The van der Waals surface area contributed by atoms with Crippen LogP contribution < -0.4 is 10.1 Å². The smallest absolute Gasteiger partial charge is 0.326 e. The van der Waals surface area contributed by atoms with Crippen LogP contribution in [0.4, 0.5) is 0 Å². The Morgan fingerprint density at radius 2 is 1.90 bits per heavy atom. The topological polar surface area (TPSA) is 88.5 Å². The first kappa shape index (κ1) is 20.1. The highest BCUT2D eigenvalue weighted by Gasteiger charge is 2.21. The fourth-order valence-corrected chi connectivity index (χ4v) is 2.91. The first-order valence-corrected chi connectivity index (χ1v) is 9.33. The van der Waals surface area contributed by atoms with Crippen molar-refractivity contribution in [3.63, 3.8) is 0 Å². The van der Waals surface area contributed by atoms with E-state index in [2.05, 4.69) is 10.3 Å². The summed E-state index contributed by atoms with van der Waals surface area (Å²) in [5.41, 5.74) is 2.88. The minimum atomic E-state index is -1.05. The molecule has 0 aliphatic heterocycles. The SMILES string of the molecule is CC[C@H](NC(=O)c1ccc(COc2cccnc2)cc1-c1ccccc1)C(=O)O. The second kappa shape index (κ2) is 9.50. The van der Waals surface area contributed by atoms with E-state index in [4.69, 9.17) is 4.74 Å². The second-order valence-corrected chi connectivity index (χ2v) is 6.50. The molecule has 0 radical (unpaired) electrons. The lowest BCUT2D eigenvalue weighted by atomic mass is 9.96. The number of rotatable bonds is 8. The number of amides is 1. The highest BCUT2D eigenvalue weighted by molar-refractivity contribution is 6.02. The molecule has 2 aromatic carbocycles. The molecule has 0 unspecified atom stereocenters. The van der Waals surface area contributed by atoms with Gasteiger partial charge in [-0.25, -0.2) is 4.79 Å². The predicted molar refractivity (Wildman–Crippen MR) is 110 cm³/mol. The third-order valence-electron chi connectivity index (χ3n) is 4.46. The Hall–Kier alpha value is -3.67. The minimum Gasteiger partial charge on any atom is -0.487 e. The van der Waals surface area contributed by atoms with Crippen LogP contribution in [0.25, 0.3) is 11.1 Å². The van der Waals surface area contributed by atoms with Crippen LogP contribution in [0.5, 0.6) is 5.75 Å². The average molecular weight is 390 g/mol. The van der Waals surface area contributed by atoms with Crippen LogP contribution in [0.1, 0.15) is 29.3 Å². The van der Waals surface area contributed by atoms with Gasteiger partial charge in [-0.2, -0.15) is 0 Å². The van der Waals surface area contributed by atoms with E-state index >= 15 is 0 Å². The number of hydrogen-bond acceptors (Lipinski definition) is 4. The van der Waals surface area contributed by atoms with Gasteiger partial charge in [-0.05, 0) is 47.4 Å². The molecule has 148 valence electrons. The predicted octanol–water partition coefficient (Wildman–Crippen LogP) is 3.92. The number of carbonyl (C=O) groups excluding carboxylic acids is 1. The number of benzene rings is 2. The minimum absolute atomic E-state index is 0.304. The van der Waals surface area contributed by atoms with Gasteiger partial charge in [0.1, 0.15) is 18.4 Å². The van der Waals surface area contributed by atoms with Crippen LogP contribution >= 0.6 is 0 Å². The zero-order valence-corrected chi connectivity index (χ0v) is 16.0. The number of nitrogens with one attached hydrogen (secondary N) is 1. The lowest BCUT2D eigenvalue weighted by Gasteiger charge is -2.16. The van der Waals surface area contributed by atoms with Gasteiger partial charge < -0.3 is 15.2 Å². The molecule has 1 atom stereocenters. The van der Waals surface area contributed by atoms with Gasteiger partial charge in [-0.3, -0.25) is 9.78 Å². The normalized spacial score (nSPS) is 11.5. The number of carbonyl (C=O) groups is 2. The van der Waals surface area contributed by atoms with Gasteiger partial charge in [0.2, 0.25) is 0 Å². The maximum absolute atomic E-state index is 12.8. The summed E-state index contributed by atoms with van der Waals surface area (Å²) in [6.07, 6.45) is 3.62. The molecule has 0 fully saturated rings. The van der Waals surface area contributed by atoms with Gasteiger partial charge in [-0.1, -0.05) is 43.3 Å². The van der Waals surface area contributed by atoms with Crippen LogP contribution in [-0.4, -0.2) is 28.0 Å². The highest BCUT2D eigenvalue weighted by atomic mass is 16.5. The van der Waals surface area contributed by atoms with Crippen LogP contribution in [0.3, 0.4) is 0 Å². The molecule has 29 heavy (non-hydrogen) atoms. The number of aliphatic carboxylic acids is 1. The Balaban J connectivity index is 1.89. The van der Waals surface area contributed by atoms with Crippen LogP contribution in [0.2, 0.25) is 0 Å². The van der Waals surface area contributed by atoms with E-state index < -0.39 is 17.9 Å².